The standard InChI is InChI=1S/C7H5F2IN2O2/c1-3-5(12(13)14)2-4(10)6(11-3)7(8)9/h2,7H,1H3. The Morgan fingerprint density at radius 1 is 1.64 bits per heavy atom. The monoisotopic (exact) mass is 314 g/mol. The van der Waals surface area contributed by atoms with Crippen LogP contribution >= 0.6 is 22.6 Å². The Bertz CT molecular complexity index is 384. The highest BCUT2D eigenvalue weighted by atomic mass is 127. The van der Waals surface area contributed by atoms with Crippen LogP contribution in [0.4, 0.5) is 14.5 Å². The van der Waals surface area contributed by atoms with Crippen LogP contribution < -0.4 is 0 Å². The summed E-state index contributed by atoms with van der Waals surface area (Å²) in [6.45, 7) is 1.33. The minimum absolute atomic E-state index is 0.00529. The molecule has 4 nitrogen and oxygen atoms in total. The summed E-state index contributed by atoms with van der Waals surface area (Å²) in [7, 11) is 0. The number of nitrogens with zero attached hydrogens (tertiary/aromatic N) is 2. The molecule has 0 aromatic carbocycles. The zero-order chi connectivity index (χ0) is 10.9. The van der Waals surface area contributed by atoms with E-state index in [0.29, 0.717) is 0 Å². The number of alkyl halides is 2. The number of nitro groups is 1. The lowest BCUT2D eigenvalue weighted by molar-refractivity contribution is -0.385. The Balaban J connectivity index is 3.31. The predicted molar refractivity (Wildman–Crippen MR) is 53.3 cm³/mol. The average Bonchev–Trinajstić information content (AvgIpc) is 2.07. The molecule has 0 spiro atoms. The van der Waals surface area contributed by atoms with Gasteiger partial charge in [-0.3, -0.25) is 10.1 Å². The van der Waals surface area contributed by atoms with Crippen LogP contribution in [0.15, 0.2) is 6.07 Å². The third kappa shape index (κ3) is 2.14. The molecule has 0 amide bonds. The number of pyridine rings is 1. The van der Waals surface area contributed by atoms with Crippen LogP contribution in [0.2, 0.25) is 0 Å². The Labute approximate surface area is 91.6 Å². The first-order valence-corrected chi connectivity index (χ1v) is 4.61. The van der Waals surface area contributed by atoms with E-state index in [4.69, 9.17) is 0 Å². The maximum absolute atomic E-state index is 12.3. The SMILES string of the molecule is Cc1nc(C(F)F)c(I)cc1[N+](=O)[O-]. The van der Waals surface area contributed by atoms with Gasteiger partial charge in [0.05, 0.1) is 4.92 Å². The lowest BCUT2D eigenvalue weighted by Gasteiger charge is -2.03. The van der Waals surface area contributed by atoms with Gasteiger partial charge in [0.15, 0.2) is 0 Å². The molecule has 1 aromatic heterocycles. The van der Waals surface area contributed by atoms with Crippen molar-refractivity contribution in [1.82, 2.24) is 4.98 Å². The predicted octanol–water partition coefficient (Wildman–Crippen LogP) is 2.84. The molecule has 0 atom stereocenters. The average molecular weight is 314 g/mol. The molecule has 0 bridgehead atoms. The van der Waals surface area contributed by atoms with E-state index in [1.807, 2.05) is 0 Å². The van der Waals surface area contributed by atoms with E-state index in [2.05, 4.69) is 4.98 Å². The lowest BCUT2D eigenvalue weighted by atomic mass is 10.3. The molecule has 14 heavy (non-hydrogen) atoms. The number of rotatable bonds is 2. The fourth-order valence-corrected chi connectivity index (χ4v) is 1.58. The van der Waals surface area contributed by atoms with Crippen molar-refractivity contribution in [2.45, 2.75) is 13.3 Å². The molecule has 0 aliphatic heterocycles. The van der Waals surface area contributed by atoms with Crippen LogP contribution in [0.1, 0.15) is 17.8 Å². The van der Waals surface area contributed by atoms with Gasteiger partial charge < -0.3 is 0 Å². The topological polar surface area (TPSA) is 56.0 Å². The Morgan fingerprint density at radius 2 is 2.21 bits per heavy atom. The van der Waals surface area contributed by atoms with Gasteiger partial charge in [0.1, 0.15) is 11.4 Å². The summed E-state index contributed by atoms with van der Waals surface area (Å²) < 4.78 is 24.7. The molecule has 1 aromatic rings. The molecule has 0 aliphatic carbocycles. The molecule has 1 rings (SSSR count). The molecule has 0 saturated heterocycles. The lowest BCUT2D eigenvalue weighted by Crippen LogP contribution is -2.01. The number of hydrogen-bond acceptors (Lipinski definition) is 3. The van der Waals surface area contributed by atoms with Crippen molar-refractivity contribution >= 4 is 28.3 Å². The van der Waals surface area contributed by atoms with Crippen LogP contribution in [-0.2, 0) is 0 Å². The molecule has 7 heteroatoms. The second kappa shape index (κ2) is 4.11. The highest BCUT2D eigenvalue weighted by Gasteiger charge is 2.20. The minimum atomic E-state index is -2.71. The molecule has 0 saturated carbocycles. The number of aryl methyl sites for hydroxylation is 1. The maximum Gasteiger partial charge on any atom is 0.291 e. The van der Waals surface area contributed by atoms with Gasteiger partial charge in [0.2, 0.25) is 0 Å². The smallest absolute Gasteiger partial charge is 0.258 e. The van der Waals surface area contributed by atoms with E-state index in [9.17, 15) is 18.9 Å². The normalized spacial score (nSPS) is 10.6. The van der Waals surface area contributed by atoms with Crippen molar-refractivity contribution < 1.29 is 13.7 Å². The van der Waals surface area contributed by atoms with Crippen molar-refractivity contribution in [3.05, 3.63) is 31.1 Å². The molecule has 0 fully saturated rings. The summed E-state index contributed by atoms with van der Waals surface area (Å²) in [5, 5.41) is 10.4. The minimum Gasteiger partial charge on any atom is -0.258 e. The number of aromatic nitrogens is 1. The molecule has 76 valence electrons. The largest absolute Gasteiger partial charge is 0.291 e. The van der Waals surface area contributed by atoms with Crippen LogP contribution in [0.5, 0.6) is 0 Å². The Kier molecular flexibility index (Phi) is 3.29. The van der Waals surface area contributed by atoms with E-state index < -0.39 is 17.0 Å². The maximum atomic E-state index is 12.3. The summed E-state index contributed by atoms with van der Waals surface area (Å²) in [6.07, 6.45) is -2.71. The van der Waals surface area contributed by atoms with Crippen molar-refractivity contribution in [3.8, 4) is 0 Å². The summed E-state index contributed by atoms with van der Waals surface area (Å²) in [6, 6.07) is 1.10. The summed E-state index contributed by atoms with van der Waals surface area (Å²) in [5.41, 5.74) is -0.641. The number of hydrogen-bond donors (Lipinski definition) is 0. The third-order valence-corrected chi connectivity index (χ3v) is 2.43. The van der Waals surface area contributed by atoms with Crippen LogP contribution in [0.25, 0.3) is 0 Å². The second-order valence-electron chi connectivity index (χ2n) is 2.52. The van der Waals surface area contributed by atoms with Gasteiger partial charge in [0, 0.05) is 9.64 Å². The first-order chi connectivity index (χ1) is 6.43. The van der Waals surface area contributed by atoms with Crippen molar-refractivity contribution in [1.29, 1.82) is 0 Å². The van der Waals surface area contributed by atoms with Crippen molar-refractivity contribution in [3.63, 3.8) is 0 Å². The van der Waals surface area contributed by atoms with Gasteiger partial charge in [-0.15, -0.1) is 0 Å². The summed E-state index contributed by atoms with van der Waals surface area (Å²) in [4.78, 5) is 13.3. The first kappa shape index (κ1) is 11.2. The molecule has 0 N–H and O–H groups in total. The second-order valence-corrected chi connectivity index (χ2v) is 3.68. The first-order valence-electron chi connectivity index (χ1n) is 3.53. The molecular weight excluding hydrogens is 309 g/mol. The Hall–Kier alpha value is -0.860. The number of halogens is 3. The molecular formula is C7H5F2IN2O2. The van der Waals surface area contributed by atoms with E-state index in [1.165, 1.54) is 6.92 Å². The van der Waals surface area contributed by atoms with E-state index in [0.717, 1.165) is 6.07 Å². The zero-order valence-corrected chi connectivity index (χ0v) is 9.16. The van der Waals surface area contributed by atoms with Crippen molar-refractivity contribution in [2.75, 3.05) is 0 Å². The van der Waals surface area contributed by atoms with Crippen LogP contribution in [-0.4, -0.2) is 9.91 Å². The van der Waals surface area contributed by atoms with Gasteiger partial charge in [-0.1, -0.05) is 0 Å². The fourth-order valence-electron chi connectivity index (χ4n) is 0.928. The highest BCUT2D eigenvalue weighted by Crippen LogP contribution is 2.27. The van der Waals surface area contributed by atoms with Crippen LogP contribution in [0, 0.1) is 20.6 Å². The molecule has 1 heterocycles. The van der Waals surface area contributed by atoms with Crippen LogP contribution in [0.3, 0.4) is 0 Å². The van der Waals surface area contributed by atoms with Gasteiger partial charge in [-0.2, -0.15) is 0 Å². The van der Waals surface area contributed by atoms with Gasteiger partial charge in [-0.05, 0) is 29.5 Å². The van der Waals surface area contributed by atoms with Gasteiger partial charge in [-0.25, -0.2) is 13.8 Å². The van der Waals surface area contributed by atoms with Gasteiger partial charge >= 0.3 is 0 Å². The molecule has 0 aliphatic rings. The third-order valence-electron chi connectivity index (χ3n) is 1.57. The van der Waals surface area contributed by atoms with E-state index in [-0.39, 0.29) is 15.0 Å². The molecule has 0 radical (unpaired) electrons. The van der Waals surface area contributed by atoms with Gasteiger partial charge in [0.25, 0.3) is 12.1 Å². The summed E-state index contributed by atoms with van der Waals surface area (Å²) >= 11 is 1.60. The fraction of sp³-hybridized carbons (Fsp3) is 0.286. The Morgan fingerprint density at radius 3 is 2.64 bits per heavy atom. The summed E-state index contributed by atoms with van der Waals surface area (Å²) in [5.74, 6) is 0. The zero-order valence-electron chi connectivity index (χ0n) is 7.00. The van der Waals surface area contributed by atoms with E-state index >= 15 is 0 Å². The van der Waals surface area contributed by atoms with E-state index in [1.54, 1.807) is 22.6 Å². The van der Waals surface area contributed by atoms with Crippen molar-refractivity contribution in [2.24, 2.45) is 0 Å². The molecule has 0 unspecified atom stereocenters. The highest BCUT2D eigenvalue weighted by molar-refractivity contribution is 14.1. The quantitative estimate of drug-likeness (QED) is 0.479.